The number of nitrogens with one attached hydrogen (secondary N) is 1. The third-order valence-electron chi connectivity index (χ3n) is 10.3. The number of morpholine rings is 1. The Bertz CT molecular complexity index is 3190. The van der Waals surface area contributed by atoms with Crippen molar-refractivity contribution in [3.63, 3.8) is 0 Å². The van der Waals surface area contributed by atoms with Crippen molar-refractivity contribution in [3.8, 4) is 34.0 Å². The van der Waals surface area contributed by atoms with Gasteiger partial charge in [0.25, 0.3) is 0 Å². The normalized spacial score (nSPS) is 13.4. The largest absolute Gasteiger partial charge is 0.573 e. The van der Waals surface area contributed by atoms with E-state index in [0.717, 1.165) is 42.3 Å². The second-order valence-electron chi connectivity index (χ2n) is 15.0. The van der Waals surface area contributed by atoms with Gasteiger partial charge >= 0.3 is 12.7 Å². The molecule has 1 fully saturated rings. The summed E-state index contributed by atoms with van der Waals surface area (Å²) in [5.74, 6) is -4.72. The Hall–Kier alpha value is -6.10. The van der Waals surface area contributed by atoms with E-state index in [1.54, 1.807) is 25.4 Å². The Kier molecular flexibility index (Phi) is 14.3. The minimum Gasteiger partial charge on any atom is -0.406 e. The number of aromatic nitrogens is 3. The van der Waals surface area contributed by atoms with Crippen molar-refractivity contribution < 1.29 is 66.5 Å². The summed E-state index contributed by atoms with van der Waals surface area (Å²) in [6.07, 6.45) is -4.15. The first-order chi connectivity index (χ1) is 31.9. The number of pyridine rings is 3. The van der Waals surface area contributed by atoms with Gasteiger partial charge in [0, 0.05) is 59.6 Å². The molecule has 0 atom stereocenters. The number of hydrogen-bond donors (Lipinski definition) is 1. The minimum absolute atomic E-state index is 0.0155. The highest BCUT2D eigenvalue weighted by atomic mass is 35.5. The van der Waals surface area contributed by atoms with Crippen LogP contribution in [0.4, 0.5) is 61.0 Å². The van der Waals surface area contributed by atoms with Gasteiger partial charge in [-0.15, -0.1) is 38.1 Å². The van der Waals surface area contributed by atoms with E-state index in [4.69, 9.17) is 16.3 Å². The van der Waals surface area contributed by atoms with Crippen molar-refractivity contribution >= 4 is 72.1 Å². The van der Waals surface area contributed by atoms with Gasteiger partial charge in [-0.05, 0) is 73.7 Å². The van der Waals surface area contributed by atoms with E-state index in [2.05, 4.69) is 29.7 Å². The van der Waals surface area contributed by atoms with Gasteiger partial charge in [-0.3, -0.25) is 4.98 Å². The zero-order chi connectivity index (χ0) is 49.5. The fraction of sp³-hybridized carbons (Fsp3) is 0.222. The highest BCUT2D eigenvalue weighted by Gasteiger charge is 2.33. The van der Waals surface area contributed by atoms with Crippen LogP contribution in [0.5, 0.6) is 11.5 Å². The highest BCUT2D eigenvalue weighted by molar-refractivity contribution is 7.98. The van der Waals surface area contributed by atoms with Crippen LogP contribution in [0, 0.1) is 37.1 Å². The molecule has 358 valence electrons. The zero-order valence-electron chi connectivity index (χ0n) is 35.6. The molecule has 0 radical (unpaired) electrons. The standard InChI is InChI=1S/C27H23F5N4O4S.C18H11ClF5NOS/c1-15-25(20-12-19(40-27(30,31)32)3-4-23(20)41(2,37)38)35-22-10-16(28)9-21(29)24(22)26(15)34-17-11-18(14-33-13-17)36-5-7-39-8-6-36;1-8-16(19)15-12(21)5-9(20)6-13(15)25-17(8)11-7-10(26-18(22,23)24)3-4-14(11)27-2/h3-4,9-14H,5-8H2,1-2H3,(H,34,35);3-7H,1-2H3. The van der Waals surface area contributed by atoms with Crippen LogP contribution in [-0.2, 0) is 14.6 Å². The van der Waals surface area contributed by atoms with Gasteiger partial charge in [0.15, 0.2) is 9.84 Å². The van der Waals surface area contributed by atoms with Crippen LogP contribution in [0.2, 0.25) is 5.02 Å². The van der Waals surface area contributed by atoms with E-state index in [1.807, 2.05) is 4.90 Å². The van der Waals surface area contributed by atoms with Crippen molar-refractivity contribution in [3.05, 3.63) is 119 Å². The number of rotatable bonds is 9. The Morgan fingerprint density at radius 2 is 1.28 bits per heavy atom. The second-order valence-corrected chi connectivity index (χ2v) is 18.2. The summed E-state index contributed by atoms with van der Waals surface area (Å²) < 4.78 is 172. The molecule has 0 spiro atoms. The highest BCUT2D eigenvalue weighted by Crippen LogP contribution is 2.42. The molecule has 0 saturated carbocycles. The smallest absolute Gasteiger partial charge is 0.406 e. The average Bonchev–Trinajstić information content (AvgIpc) is 3.24. The predicted octanol–water partition coefficient (Wildman–Crippen LogP) is 12.5. The summed E-state index contributed by atoms with van der Waals surface area (Å²) in [5.41, 5.74) is 1.79. The average molecular weight is 1010 g/mol. The maximum atomic E-state index is 15.2. The Morgan fingerprint density at radius 1 is 0.735 bits per heavy atom. The summed E-state index contributed by atoms with van der Waals surface area (Å²) in [7, 11) is -3.99. The monoisotopic (exact) mass is 1010 g/mol. The minimum atomic E-state index is -5.05. The van der Waals surface area contributed by atoms with Crippen LogP contribution < -0.4 is 19.7 Å². The SMILES string of the molecule is CSc1ccc(OC(F)(F)F)cc1-c1nc2cc(F)cc(F)c2c(Cl)c1C.Cc1c(-c2cc(OC(F)(F)F)ccc2S(C)(=O)=O)nc2cc(F)cc(F)c2c1Nc1cncc(N2CCOCC2)c1. The van der Waals surface area contributed by atoms with Crippen LogP contribution in [0.1, 0.15) is 11.1 Å². The van der Waals surface area contributed by atoms with Gasteiger partial charge in [-0.2, -0.15) is 0 Å². The fourth-order valence-electron chi connectivity index (χ4n) is 7.37. The maximum Gasteiger partial charge on any atom is 0.573 e. The molecule has 1 saturated heterocycles. The second kappa shape index (κ2) is 19.5. The number of alkyl halides is 6. The molecule has 1 aliphatic rings. The summed E-state index contributed by atoms with van der Waals surface area (Å²) in [4.78, 5) is 15.1. The van der Waals surface area contributed by atoms with Gasteiger partial charge in [-0.25, -0.2) is 35.9 Å². The van der Waals surface area contributed by atoms with Crippen molar-refractivity contribution in [1.29, 1.82) is 0 Å². The first-order valence-corrected chi connectivity index (χ1v) is 23.2. The van der Waals surface area contributed by atoms with Crippen molar-refractivity contribution in [2.75, 3.05) is 49.0 Å². The Labute approximate surface area is 390 Å². The first kappa shape index (κ1) is 49.8. The Morgan fingerprint density at radius 3 is 1.85 bits per heavy atom. The van der Waals surface area contributed by atoms with E-state index in [-0.39, 0.29) is 59.9 Å². The number of thioether (sulfide) groups is 1. The molecular formula is C45H34ClF10N5O5S2. The predicted molar refractivity (Wildman–Crippen MR) is 237 cm³/mol. The number of hydrogen-bond acceptors (Lipinski definition) is 11. The van der Waals surface area contributed by atoms with Crippen molar-refractivity contribution in [1.82, 2.24) is 15.0 Å². The molecule has 7 aromatic rings. The van der Waals surface area contributed by atoms with Crippen LogP contribution in [0.3, 0.4) is 0 Å². The van der Waals surface area contributed by atoms with Gasteiger partial charge in [0.05, 0.1) is 85.8 Å². The molecule has 8 rings (SSSR count). The van der Waals surface area contributed by atoms with E-state index >= 15 is 4.39 Å². The van der Waals surface area contributed by atoms with Crippen LogP contribution in [0.15, 0.2) is 88.9 Å². The van der Waals surface area contributed by atoms with E-state index < -0.39 is 57.3 Å². The summed E-state index contributed by atoms with van der Waals surface area (Å²) in [5, 5.41) is 2.96. The van der Waals surface area contributed by atoms with Crippen LogP contribution in [0.25, 0.3) is 44.3 Å². The number of sulfone groups is 1. The van der Waals surface area contributed by atoms with Crippen LogP contribution >= 0.6 is 23.4 Å². The van der Waals surface area contributed by atoms with Gasteiger partial charge in [0.1, 0.15) is 34.8 Å². The maximum absolute atomic E-state index is 15.2. The molecule has 1 N–H and O–H groups in total. The lowest BCUT2D eigenvalue weighted by Crippen LogP contribution is -2.36. The molecule has 0 unspecified atom stereocenters. The number of nitrogens with zero attached hydrogens (tertiary/aromatic N) is 4. The van der Waals surface area contributed by atoms with Gasteiger partial charge < -0.3 is 24.4 Å². The molecular weight excluding hydrogens is 980 g/mol. The fourth-order valence-corrected chi connectivity index (χ4v) is 9.09. The molecule has 1 aliphatic heterocycles. The molecule has 10 nitrogen and oxygen atoms in total. The summed E-state index contributed by atoms with van der Waals surface area (Å²) in [6, 6.07) is 11.6. The zero-order valence-corrected chi connectivity index (χ0v) is 38.0. The lowest BCUT2D eigenvalue weighted by atomic mass is 10.0. The molecule has 68 heavy (non-hydrogen) atoms. The van der Waals surface area contributed by atoms with E-state index in [9.17, 15) is 47.9 Å². The third kappa shape index (κ3) is 11.3. The molecule has 4 heterocycles. The van der Waals surface area contributed by atoms with Crippen molar-refractivity contribution in [2.24, 2.45) is 0 Å². The Balaban J connectivity index is 0.000000220. The number of halogens is 11. The third-order valence-corrected chi connectivity index (χ3v) is 12.7. The van der Waals surface area contributed by atoms with Gasteiger partial charge in [-0.1, -0.05) is 11.6 Å². The van der Waals surface area contributed by atoms with E-state index in [1.165, 1.54) is 43.1 Å². The lowest BCUT2D eigenvalue weighted by Gasteiger charge is -2.28. The lowest BCUT2D eigenvalue weighted by molar-refractivity contribution is -0.275. The number of benzene rings is 4. The molecule has 0 aliphatic carbocycles. The molecule has 3 aromatic heterocycles. The van der Waals surface area contributed by atoms with Gasteiger partial charge in [0.2, 0.25) is 0 Å². The van der Waals surface area contributed by atoms with E-state index in [0.29, 0.717) is 60.1 Å². The molecule has 23 heteroatoms. The molecule has 0 bridgehead atoms. The van der Waals surface area contributed by atoms with Crippen molar-refractivity contribution in [2.45, 2.75) is 36.4 Å². The number of ether oxygens (including phenoxy) is 3. The molecule has 4 aromatic carbocycles. The van der Waals surface area contributed by atoms with Crippen LogP contribution in [-0.4, -0.2) is 74.9 Å². The molecule has 0 amide bonds. The summed E-state index contributed by atoms with van der Waals surface area (Å²) in [6.45, 7) is 5.39. The quantitative estimate of drug-likeness (QED) is 0.110. The topological polar surface area (TPSA) is 116 Å². The first-order valence-electron chi connectivity index (χ1n) is 19.7. The summed E-state index contributed by atoms with van der Waals surface area (Å²) >= 11 is 7.54. The number of anilines is 3. The number of fused-ring (bicyclic) bond motifs is 2.